The van der Waals surface area contributed by atoms with Gasteiger partial charge in [-0.2, -0.15) is 18.4 Å². The summed E-state index contributed by atoms with van der Waals surface area (Å²) < 4.78 is 37.9. The van der Waals surface area contributed by atoms with Crippen molar-refractivity contribution in [2.24, 2.45) is 0 Å². The smallest absolute Gasteiger partial charge is 0.346 e. The number of fused-ring (bicyclic) bond motifs is 7. The highest BCUT2D eigenvalue weighted by atomic mass is 35.5. The summed E-state index contributed by atoms with van der Waals surface area (Å²) in [4.78, 5) is 51.2. The van der Waals surface area contributed by atoms with Gasteiger partial charge in [0.15, 0.2) is 0 Å². The van der Waals surface area contributed by atoms with E-state index in [9.17, 15) is 13.2 Å². The number of aryl methyl sites for hydroxylation is 2. The van der Waals surface area contributed by atoms with E-state index in [1.165, 1.54) is 66.1 Å². The zero-order valence-electron chi connectivity index (χ0n) is 59.3. The summed E-state index contributed by atoms with van der Waals surface area (Å²) in [6, 6.07) is 18.8. The molecule has 14 heterocycles. The Bertz CT molecular complexity index is 4730. The molecule has 0 atom stereocenters. The summed E-state index contributed by atoms with van der Waals surface area (Å²) in [7, 11) is 0. The van der Waals surface area contributed by atoms with E-state index in [1.807, 2.05) is 75.7 Å². The average molecular weight is 1330 g/mol. The molecule has 0 amide bonds. The molecule has 0 aliphatic heterocycles. The van der Waals surface area contributed by atoms with E-state index in [2.05, 4.69) is 236 Å². The molecule has 0 fully saturated rings. The van der Waals surface area contributed by atoms with Crippen LogP contribution in [0.15, 0.2) is 135 Å². The molecule has 14 rings (SSSR count). The Morgan fingerprint density at radius 3 is 1.18 bits per heavy atom. The van der Waals surface area contributed by atoms with Crippen LogP contribution in [0.3, 0.4) is 0 Å². The maximum Gasteiger partial charge on any atom is 0.418 e. The second kappa shape index (κ2) is 31.5. The number of hydrogen-bond acceptors (Lipinski definition) is 8. The van der Waals surface area contributed by atoms with Crippen LogP contribution in [0.1, 0.15) is 226 Å². The monoisotopic (exact) mass is 1330 g/mol. The lowest BCUT2D eigenvalue weighted by molar-refractivity contribution is -0.136. The average Bonchev–Trinajstić information content (AvgIpc) is 1.39. The molecular formula is C78H93ClF3N15. The van der Waals surface area contributed by atoms with Gasteiger partial charge in [-0.1, -0.05) is 129 Å². The zero-order valence-corrected chi connectivity index (χ0v) is 60.1. The number of hydrogen-bond donors (Lipinski definition) is 7. The van der Waals surface area contributed by atoms with Crippen molar-refractivity contribution in [2.45, 2.75) is 185 Å². The van der Waals surface area contributed by atoms with E-state index in [0.717, 1.165) is 67.0 Å². The molecule has 14 aromatic heterocycles. The summed E-state index contributed by atoms with van der Waals surface area (Å²) in [5, 5.41) is 16.6. The van der Waals surface area contributed by atoms with Crippen LogP contribution >= 0.6 is 11.6 Å². The van der Waals surface area contributed by atoms with Crippen molar-refractivity contribution >= 4 is 88.8 Å². The van der Waals surface area contributed by atoms with Crippen LogP contribution in [0.5, 0.6) is 0 Å². The Hall–Kier alpha value is -9.60. The summed E-state index contributed by atoms with van der Waals surface area (Å²) in [6.45, 7) is 40.7. The highest BCUT2D eigenvalue weighted by Gasteiger charge is 2.34. The highest BCUT2D eigenvalue weighted by Crippen LogP contribution is 2.36. The minimum absolute atomic E-state index is 0.138. The standard InChI is InChI=1S/C13H18N2.C11H11F3N2.C11H11N3.3C11H14N2.C10H11ClN2/c1-8(2)10-5-11-12(9(3)4)7-15-13(11)14-6-10;1-6(2)7-3-8-9(11(12,13)14)5-16-10(8)15-4-7;1-7(2)8-3-10-9(4-12)6-14-11(10)13-5-8;2*1-7(2)9-4-10-8(3)5-12-11(10)13-6-9;1-11(2,3)9-6-8-4-5-12-10(8)13-7-9;1-6(2)7-3-8-9(11)5-13-10(8)12-4-7/h5-9H,1-4H3,(H,14,15);3-6H,1-2H3,(H,15,16);3,5-7H,1-2H3,(H,13,14);3*4-7H,1-3H3,(H,12,13);3-6H,1-2H3,(H,12,13). The Morgan fingerprint density at radius 1 is 0.392 bits per heavy atom. The van der Waals surface area contributed by atoms with E-state index < -0.39 is 11.7 Å². The second-order valence-electron chi connectivity index (χ2n) is 27.8. The largest absolute Gasteiger partial charge is 0.418 e. The summed E-state index contributed by atoms with van der Waals surface area (Å²) in [5.74, 6) is 3.27. The molecule has 0 spiro atoms. The first-order valence-corrected chi connectivity index (χ1v) is 33.5. The molecule has 0 aliphatic carbocycles. The van der Waals surface area contributed by atoms with Gasteiger partial charge >= 0.3 is 6.18 Å². The number of nitriles is 1. The van der Waals surface area contributed by atoms with Crippen LogP contribution in [0.4, 0.5) is 13.2 Å². The first-order valence-electron chi connectivity index (χ1n) is 33.1. The third-order valence-electron chi connectivity index (χ3n) is 17.0. The number of H-pyrrole nitrogens is 7. The predicted octanol–water partition coefficient (Wildman–Crippen LogP) is 22.3. The van der Waals surface area contributed by atoms with E-state index in [-0.39, 0.29) is 22.4 Å². The first-order chi connectivity index (χ1) is 45.8. The van der Waals surface area contributed by atoms with Crippen molar-refractivity contribution in [1.29, 1.82) is 5.26 Å². The molecule has 0 radical (unpaired) electrons. The number of nitrogens with one attached hydrogen (secondary N) is 7. The van der Waals surface area contributed by atoms with Crippen LogP contribution in [0.2, 0.25) is 5.02 Å². The molecule has 0 saturated carbocycles. The van der Waals surface area contributed by atoms with Gasteiger partial charge in [-0.25, -0.2) is 34.9 Å². The molecule has 19 heteroatoms. The first kappa shape index (κ1) is 73.2. The second-order valence-corrected chi connectivity index (χ2v) is 28.2. The topological polar surface area (TPSA) is 225 Å². The molecule has 0 unspecified atom stereocenters. The highest BCUT2D eigenvalue weighted by molar-refractivity contribution is 6.35. The fourth-order valence-corrected chi connectivity index (χ4v) is 10.6. The summed E-state index contributed by atoms with van der Waals surface area (Å²) in [5.41, 5.74) is 18.3. The number of nitrogens with zero attached hydrogens (tertiary/aromatic N) is 8. The molecule has 7 N–H and O–H groups in total. The number of pyridine rings is 7. The Morgan fingerprint density at radius 2 is 0.742 bits per heavy atom. The predicted molar refractivity (Wildman–Crippen MR) is 394 cm³/mol. The number of aromatic nitrogens is 14. The van der Waals surface area contributed by atoms with Gasteiger partial charge < -0.3 is 34.9 Å². The Kier molecular flexibility index (Phi) is 23.8. The molecule has 14 aromatic rings. The van der Waals surface area contributed by atoms with Gasteiger partial charge in [-0.15, -0.1) is 0 Å². The van der Waals surface area contributed by atoms with Gasteiger partial charge in [0, 0.05) is 124 Å². The maximum atomic E-state index is 12.6. The van der Waals surface area contributed by atoms with Crippen molar-refractivity contribution in [2.75, 3.05) is 0 Å². The lowest BCUT2D eigenvalue weighted by atomic mass is 9.88. The van der Waals surface area contributed by atoms with E-state index in [1.54, 1.807) is 24.7 Å². The van der Waals surface area contributed by atoms with Crippen LogP contribution in [-0.4, -0.2) is 69.8 Å². The van der Waals surface area contributed by atoms with Crippen molar-refractivity contribution in [3.8, 4) is 6.07 Å². The molecule has 0 bridgehead atoms. The van der Waals surface area contributed by atoms with Crippen LogP contribution in [0, 0.1) is 25.2 Å². The SMILES string of the molecule is CC(C)(C)c1cnc2[nH]ccc2c1.CC(C)c1cnc2[nH]cc(C#N)c2c1.CC(C)c1cnc2[nH]cc(C(C)C)c2c1.CC(C)c1cnc2[nH]cc(C(F)(F)F)c2c1.CC(C)c1cnc2[nH]cc(Cl)c2c1.Cc1c[nH]c2ncc(C(C)C)cc12.Cc1c[nH]c2ncc(C(C)C)cc12. The summed E-state index contributed by atoms with van der Waals surface area (Å²) in [6.07, 6.45) is 21.2. The van der Waals surface area contributed by atoms with Crippen molar-refractivity contribution in [1.82, 2.24) is 69.8 Å². The molecule has 97 heavy (non-hydrogen) atoms. The van der Waals surface area contributed by atoms with E-state index >= 15 is 0 Å². The third-order valence-corrected chi connectivity index (χ3v) is 17.3. The maximum absolute atomic E-state index is 12.6. The van der Waals surface area contributed by atoms with Gasteiger partial charge in [0.1, 0.15) is 45.6 Å². The molecule has 0 aromatic carbocycles. The van der Waals surface area contributed by atoms with Crippen LogP contribution in [-0.2, 0) is 11.6 Å². The third kappa shape index (κ3) is 18.3. The van der Waals surface area contributed by atoms with Crippen LogP contribution in [0.25, 0.3) is 77.2 Å². The van der Waals surface area contributed by atoms with Gasteiger partial charge in [0.25, 0.3) is 0 Å². The fourth-order valence-electron chi connectivity index (χ4n) is 10.4. The molecule has 508 valence electrons. The lowest BCUT2D eigenvalue weighted by Crippen LogP contribution is -2.11. The van der Waals surface area contributed by atoms with E-state index in [4.69, 9.17) is 16.9 Å². The van der Waals surface area contributed by atoms with Gasteiger partial charge in [-0.05, 0) is 165 Å². The molecule has 0 aliphatic rings. The normalized spacial score (nSPS) is 11.7. The minimum atomic E-state index is -4.34. The number of rotatable bonds is 7. The van der Waals surface area contributed by atoms with Crippen molar-refractivity contribution in [3.05, 3.63) is 207 Å². The Balaban J connectivity index is 0.000000145. The van der Waals surface area contributed by atoms with Crippen LogP contribution < -0.4 is 0 Å². The van der Waals surface area contributed by atoms with E-state index in [0.29, 0.717) is 41.1 Å². The van der Waals surface area contributed by atoms with Gasteiger partial charge in [0.05, 0.1) is 16.1 Å². The van der Waals surface area contributed by atoms with Gasteiger partial charge in [0.2, 0.25) is 0 Å². The summed E-state index contributed by atoms with van der Waals surface area (Å²) >= 11 is 5.98. The lowest BCUT2D eigenvalue weighted by Gasteiger charge is -2.18. The minimum Gasteiger partial charge on any atom is -0.346 e. The molecule has 0 saturated heterocycles. The molecular weight excluding hydrogens is 1240 g/mol. The number of halogens is 4. The number of alkyl halides is 3. The molecule has 15 nitrogen and oxygen atoms in total. The van der Waals surface area contributed by atoms with Crippen molar-refractivity contribution in [3.63, 3.8) is 0 Å². The fraction of sp³-hybridized carbons (Fsp3) is 0.359. The zero-order chi connectivity index (χ0) is 70.8. The van der Waals surface area contributed by atoms with Gasteiger partial charge in [-0.3, -0.25) is 0 Å². The number of aromatic amines is 7. The Labute approximate surface area is 571 Å². The quantitative estimate of drug-likeness (QED) is 0.0811. The van der Waals surface area contributed by atoms with Crippen molar-refractivity contribution < 1.29 is 13.2 Å².